The van der Waals surface area contributed by atoms with Crippen LogP contribution in [-0.2, 0) is 0 Å². The second kappa shape index (κ2) is 5.62. The first-order valence-corrected chi connectivity index (χ1v) is 7.94. The molecule has 5 rings (SSSR count). The summed E-state index contributed by atoms with van der Waals surface area (Å²) in [7, 11) is 0. The average Bonchev–Trinajstić information content (AvgIpc) is 3.30. The molecule has 0 radical (unpaired) electrons. The number of aromatic nitrogens is 6. The topological polar surface area (TPSA) is 95.2 Å². The van der Waals surface area contributed by atoms with Gasteiger partial charge in [0.05, 0.1) is 22.8 Å². The molecule has 0 amide bonds. The smallest absolute Gasteiger partial charge is 0.161 e. The van der Waals surface area contributed by atoms with Crippen LogP contribution in [0.3, 0.4) is 0 Å². The minimum atomic E-state index is -0.404. The van der Waals surface area contributed by atoms with Crippen molar-refractivity contribution in [2.75, 3.05) is 5.32 Å². The molecule has 0 aliphatic heterocycles. The third-order valence-corrected chi connectivity index (χ3v) is 4.19. The zero-order valence-electron chi connectivity index (χ0n) is 13.4. The van der Waals surface area contributed by atoms with Gasteiger partial charge in [-0.15, -0.1) is 0 Å². The monoisotopic (exact) mass is 345 g/mol. The second-order valence-corrected chi connectivity index (χ2v) is 5.80. The number of halogens is 1. The molecular formula is C18H12FN7. The summed E-state index contributed by atoms with van der Waals surface area (Å²) in [6.07, 6.45) is 3.05. The highest BCUT2D eigenvalue weighted by Gasteiger charge is 2.16. The zero-order chi connectivity index (χ0) is 17.5. The number of hydrogen-bond donors (Lipinski definition) is 3. The van der Waals surface area contributed by atoms with Crippen molar-refractivity contribution in [3.05, 3.63) is 60.8 Å². The first kappa shape index (κ1) is 14.5. The van der Waals surface area contributed by atoms with Gasteiger partial charge in [-0.05, 0) is 6.07 Å². The molecule has 0 atom stereocenters. The average molecular weight is 345 g/mol. The molecule has 0 bridgehead atoms. The van der Waals surface area contributed by atoms with Gasteiger partial charge in [0.2, 0.25) is 0 Å². The Hall–Kier alpha value is -3.81. The van der Waals surface area contributed by atoms with E-state index in [0.717, 1.165) is 10.9 Å². The van der Waals surface area contributed by atoms with E-state index in [2.05, 4.69) is 35.7 Å². The summed E-state index contributed by atoms with van der Waals surface area (Å²) in [5.41, 5.74) is 3.13. The van der Waals surface area contributed by atoms with Crippen LogP contribution in [0.15, 0.2) is 55.0 Å². The van der Waals surface area contributed by atoms with E-state index >= 15 is 0 Å². The molecule has 7 nitrogen and oxygen atoms in total. The van der Waals surface area contributed by atoms with Crippen molar-refractivity contribution in [3.8, 4) is 11.3 Å². The van der Waals surface area contributed by atoms with E-state index < -0.39 is 5.82 Å². The Morgan fingerprint density at radius 1 is 1.00 bits per heavy atom. The van der Waals surface area contributed by atoms with Crippen LogP contribution < -0.4 is 5.32 Å². The summed E-state index contributed by atoms with van der Waals surface area (Å²) in [6, 6.07) is 12.8. The number of nitrogens with zero attached hydrogens (tertiary/aromatic N) is 4. The number of H-pyrrole nitrogens is 2. The molecule has 8 heteroatoms. The van der Waals surface area contributed by atoms with E-state index in [4.69, 9.17) is 0 Å². The van der Waals surface area contributed by atoms with Crippen LogP contribution in [-0.4, -0.2) is 30.4 Å². The van der Waals surface area contributed by atoms with Crippen LogP contribution in [0.25, 0.3) is 33.2 Å². The predicted molar refractivity (Wildman–Crippen MR) is 96.5 cm³/mol. The first-order chi connectivity index (χ1) is 12.8. The van der Waals surface area contributed by atoms with E-state index in [9.17, 15) is 4.39 Å². The lowest BCUT2D eigenvalue weighted by molar-refractivity contribution is 0.633. The van der Waals surface area contributed by atoms with Gasteiger partial charge >= 0.3 is 0 Å². The third-order valence-electron chi connectivity index (χ3n) is 4.19. The standard InChI is InChI=1S/C18H12FN7/c19-12-7-13-11(8-22-24-13)6-14(12)23-17-15-16(10-4-2-1-3-5-10)25-26-18(15)21-9-20-17/h1-9H,(H,22,24)(H2,20,21,23,25,26). The lowest BCUT2D eigenvalue weighted by Gasteiger charge is -2.09. The molecular weight excluding hydrogens is 333 g/mol. The summed E-state index contributed by atoms with van der Waals surface area (Å²) in [4.78, 5) is 8.51. The van der Waals surface area contributed by atoms with E-state index in [0.29, 0.717) is 33.7 Å². The van der Waals surface area contributed by atoms with Crippen molar-refractivity contribution in [2.45, 2.75) is 0 Å². The van der Waals surface area contributed by atoms with Crippen LogP contribution in [0.2, 0.25) is 0 Å². The Bertz CT molecular complexity index is 1230. The van der Waals surface area contributed by atoms with Crippen molar-refractivity contribution in [3.63, 3.8) is 0 Å². The van der Waals surface area contributed by atoms with Gasteiger partial charge in [-0.3, -0.25) is 10.2 Å². The first-order valence-electron chi connectivity index (χ1n) is 7.94. The maximum absolute atomic E-state index is 14.5. The molecule has 26 heavy (non-hydrogen) atoms. The lowest BCUT2D eigenvalue weighted by Crippen LogP contribution is -1.98. The highest BCUT2D eigenvalue weighted by Crippen LogP contribution is 2.32. The number of hydrogen-bond acceptors (Lipinski definition) is 5. The number of anilines is 2. The second-order valence-electron chi connectivity index (χ2n) is 5.80. The largest absolute Gasteiger partial charge is 0.337 e. The summed E-state index contributed by atoms with van der Waals surface area (Å²) in [5.74, 6) is 0.0719. The van der Waals surface area contributed by atoms with Gasteiger partial charge in [-0.1, -0.05) is 30.3 Å². The van der Waals surface area contributed by atoms with Crippen LogP contribution in [0, 0.1) is 5.82 Å². The highest BCUT2D eigenvalue weighted by atomic mass is 19.1. The molecule has 5 aromatic rings. The number of rotatable bonds is 3. The Kier molecular flexibility index (Phi) is 3.14. The van der Waals surface area contributed by atoms with Gasteiger partial charge in [0, 0.05) is 17.0 Å². The molecule has 0 unspecified atom stereocenters. The van der Waals surface area contributed by atoms with E-state index in [1.54, 1.807) is 12.3 Å². The number of benzene rings is 2. The molecule has 0 spiro atoms. The Balaban J connectivity index is 1.66. The number of nitrogens with one attached hydrogen (secondary N) is 3. The quantitative estimate of drug-likeness (QED) is 0.462. The molecule has 3 N–H and O–H groups in total. The van der Waals surface area contributed by atoms with E-state index in [1.165, 1.54) is 12.4 Å². The van der Waals surface area contributed by atoms with Crippen LogP contribution in [0.4, 0.5) is 15.9 Å². The van der Waals surface area contributed by atoms with Crippen molar-refractivity contribution in [1.29, 1.82) is 0 Å². The van der Waals surface area contributed by atoms with Gasteiger partial charge < -0.3 is 5.32 Å². The molecule has 0 saturated heterocycles. The molecule has 126 valence electrons. The zero-order valence-corrected chi connectivity index (χ0v) is 13.4. The van der Waals surface area contributed by atoms with E-state index in [1.807, 2.05) is 30.3 Å². The fourth-order valence-electron chi connectivity index (χ4n) is 2.95. The van der Waals surface area contributed by atoms with Gasteiger partial charge in [0.15, 0.2) is 5.65 Å². The molecule has 0 aliphatic carbocycles. The Morgan fingerprint density at radius 3 is 2.77 bits per heavy atom. The van der Waals surface area contributed by atoms with Gasteiger partial charge in [0.1, 0.15) is 23.7 Å². The maximum atomic E-state index is 14.5. The number of fused-ring (bicyclic) bond motifs is 2. The van der Waals surface area contributed by atoms with Gasteiger partial charge in [0.25, 0.3) is 0 Å². The fourth-order valence-corrected chi connectivity index (χ4v) is 2.95. The molecule has 2 aromatic carbocycles. The number of aromatic amines is 2. The van der Waals surface area contributed by atoms with E-state index in [-0.39, 0.29) is 0 Å². The molecule has 0 aliphatic rings. The Labute approximate surface area is 146 Å². The maximum Gasteiger partial charge on any atom is 0.161 e. The summed E-state index contributed by atoms with van der Waals surface area (Å²) < 4.78 is 14.5. The fraction of sp³-hybridized carbons (Fsp3) is 0. The molecule has 3 heterocycles. The van der Waals surface area contributed by atoms with Gasteiger partial charge in [-0.25, -0.2) is 14.4 Å². The normalized spacial score (nSPS) is 11.3. The highest BCUT2D eigenvalue weighted by molar-refractivity contribution is 6.00. The van der Waals surface area contributed by atoms with Crippen molar-refractivity contribution in [1.82, 2.24) is 30.4 Å². The molecule has 3 aromatic heterocycles. The van der Waals surface area contributed by atoms with Crippen molar-refractivity contribution >= 4 is 33.4 Å². The molecule has 0 fully saturated rings. The van der Waals surface area contributed by atoms with Gasteiger partial charge in [-0.2, -0.15) is 10.2 Å². The van der Waals surface area contributed by atoms with Crippen LogP contribution >= 0.6 is 0 Å². The lowest BCUT2D eigenvalue weighted by atomic mass is 10.1. The SMILES string of the molecule is Fc1cc2[nH]ncc2cc1Nc1ncnc2[nH]nc(-c3ccccc3)c12. The minimum Gasteiger partial charge on any atom is -0.337 e. The summed E-state index contributed by atoms with van der Waals surface area (Å²) in [5, 5.41) is 18.5. The predicted octanol–water partition coefficient (Wildman–Crippen LogP) is 3.78. The van der Waals surface area contributed by atoms with Crippen molar-refractivity contribution < 1.29 is 4.39 Å². The van der Waals surface area contributed by atoms with Crippen molar-refractivity contribution in [2.24, 2.45) is 0 Å². The summed E-state index contributed by atoms with van der Waals surface area (Å²) in [6.45, 7) is 0. The van der Waals surface area contributed by atoms with Crippen LogP contribution in [0.5, 0.6) is 0 Å². The minimum absolute atomic E-state index is 0.305. The van der Waals surface area contributed by atoms with Crippen LogP contribution in [0.1, 0.15) is 0 Å². The summed E-state index contributed by atoms with van der Waals surface area (Å²) >= 11 is 0. The molecule has 0 saturated carbocycles. The Morgan fingerprint density at radius 2 is 1.88 bits per heavy atom. The third kappa shape index (κ3) is 2.27.